The molecule has 1 aliphatic heterocycles. The zero-order valence-electron chi connectivity index (χ0n) is 28.0. The van der Waals surface area contributed by atoms with Gasteiger partial charge in [-0.3, -0.25) is 19.3 Å². The Morgan fingerprint density at radius 2 is 1.49 bits per heavy atom. The topological polar surface area (TPSA) is 151 Å². The van der Waals surface area contributed by atoms with E-state index in [2.05, 4.69) is 36.7 Å². The fraction of sp³-hybridized carbons (Fsp3) is 0.844. The molecule has 3 aliphatic rings. The second-order valence-electron chi connectivity index (χ2n) is 14.5. The molecule has 3 unspecified atom stereocenters. The number of aldehydes is 1. The average molecular weight is 612 g/mol. The van der Waals surface area contributed by atoms with E-state index in [4.69, 9.17) is 5.73 Å². The molecule has 4 amide bonds. The second-order valence-corrected chi connectivity index (χ2v) is 14.5. The van der Waals surface area contributed by atoms with Crippen molar-refractivity contribution in [2.75, 3.05) is 13.6 Å². The number of hydrogen-bond acceptors (Lipinski definition) is 6. The number of likely N-dealkylation sites (N-methyl/N-ethyl adjacent to an activating group) is 1. The van der Waals surface area contributed by atoms with Gasteiger partial charge in [-0.05, 0) is 90.1 Å². The number of likely N-dealkylation sites (tertiary alicyclic amines) is 1. The molecule has 10 nitrogen and oxygen atoms in total. The van der Waals surface area contributed by atoms with Gasteiger partial charge in [0.05, 0.1) is 18.1 Å². The highest BCUT2D eigenvalue weighted by Crippen LogP contribution is 2.34. The van der Waals surface area contributed by atoms with Crippen LogP contribution in [-0.4, -0.2) is 77.7 Å². The van der Waals surface area contributed by atoms with Crippen LogP contribution in [0.15, 0.2) is 0 Å². The predicted octanol–water partition coefficient (Wildman–Crippen LogP) is 4.04. The molecule has 0 aromatic heterocycles. The minimum Gasteiger partial charge on any atom is -0.363 e. The van der Waals surface area contributed by atoms with Gasteiger partial charge in [0.2, 0.25) is 11.7 Å². The lowest BCUT2D eigenvalue weighted by atomic mass is 9.83. The number of hydrogen-bond donors (Lipinski definition) is 4. The number of ketones is 1. The van der Waals surface area contributed by atoms with Crippen molar-refractivity contribution in [1.82, 2.24) is 20.9 Å². The van der Waals surface area contributed by atoms with Gasteiger partial charge < -0.3 is 26.5 Å². The van der Waals surface area contributed by atoms with Crippen LogP contribution in [0, 0.1) is 17.3 Å². The number of alkyl halides is 1. The molecule has 0 radical (unpaired) electrons. The van der Waals surface area contributed by atoms with Crippen LogP contribution in [0.1, 0.15) is 113 Å². The highest BCUT2D eigenvalue weighted by molar-refractivity contribution is 6.37. The number of urea groups is 1. The molecule has 0 bridgehead atoms. The number of halogens is 1. The van der Waals surface area contributed by atoms with Gasteiger partial charge in [0, 0.05) is 5.54 Å². The third kappa shape index (κ3) is 12.9. The van der Waals surface area contributed by atoms with E-state index in [-0.39, 0.29) is 34.9 Å². The largest absolute Gasteiger partial charge is 0.363 e. The van der Waals surface area contributed by atoms with E-state index in [0.717, 1.165) is 64.2 Å². The first kappa shape index (κ1) is 38.5. The second kappa shape index (κ2) is 16.5. The van der Waals surface area contributed by atoms with Crippen molar-refractivity contribution >= 4 is 29.9 Å². The maximum absolute atomic E-state index is 12.3. The summed E-state index contributed by atoms with van der Waals surface area (Å²) >= 11 is 0. The summed E-state index contributed by atoms with van der Waals surface area (Å²) in [4.78, 5) is 59.4. The Labute approximate surface area is 258 Å². The van der Waals surface area contributed by atoms with Crippen LogP contribution in [-0.2, 0) is 19.2 Å². The summed E-state index contributed by atoms with van der Waals surface area (Å²) in [6, 6.07) is -1.80. The third-order valence-corrected chi connectivity index (χ3v) is 8.94. The first-order valence-electron chi connectivity index (χ1n) is 15.8. The molecule has 5 N–H and O–H groups in total. The molecule has 1 saturated heterocycles. The number of nitrogens with one attached hydrogen (secondary N) is 3. The van der Waals surface area contributed by atoms with Crippen molar-refractivity contribution in [3.8, 4) is 0 Å². The van der Waals surface area contributed by atoms with Crippen LogP contribution in [0.5, 0.6) is 0 Å². The normalized spacial score (nSPS) is 24.0. The summed E-state index contributed by atoms with van der Waals surface area (Å²) in [5.74, 6) is -1.34. The van der Waals surface area contributed by atoms with Crippen molar-refractivity contribution in [2.24, 2.45) is 23.0 Å². The van der Waals surface area contributed by atoms with Gasteiger partial charge in [-0.25, -0.2) is 9.18 Å². The summed E-state index contributed by atoms with van der Waals surface area (Å²) in [7, 11) is 1.90. The predicted molar refractivity (Wildman–Crippen MR) is 167 cm³/mol. The van der Waals surface area contributed by atoms with Gasteiger partial charge in [-0.2, -0.15) is 0 Å². The van der Waals surface area contributed by atoms with Crippen LogP contribution in [0.25, 0.3) is 0 Å². The smallest absolute Gasteiger partial charge is 0.315 e. The van der Waals surface area contributed by atoms with Crippen molar-refractivity contribution in [3.05, 3.63) is 0 Å². The molecule has 248 valence electrons. The molecule has 1 heterocycles. The van der Waals surface area contributed by atoms with Gasteiger partial charge in [0.15, 0.2) is 0 Å². The highest BCUT2D eigenvalue weighted by atomic mass is 19.1. The number of amides is 4. The number of carbonyl (C=O) groups excluding carboxylic acids is 5. The summed E-state index contributed by atoms with van der Waals surface area (Å²) in [6.45, 7) is 16.1. The lowest BCUT2D eigenvalue weighted by Crippen LogP contribution is -2.55. The lowest BCUT2D eigenvalue weighted by molar-refractivity contribution is -0.138. The van der Waals surface area contributed by atoms with Crippen LogP contribution in [0.4, 0.5) is 9.18 Å². The van der Waals surface area contributed by atoms with Crippen LogP contribution in [0.3, 0.4) is 0 Å². The van der Waals surface area contributed by atoms with Crippen molar-refractivity contribution in [1.29, 1.82) is 0 Å². The zero-order valence-corrected chi connectivity index (χ0v) is 28.0. The molecule has 3 fully saturated rings. The van der Waals surface area contributed by atoms with Crippen molar-refractivity contribution < 1.29 is 28.4 Å². The summed E-state index contributed by atoms with van der Waals surface area (Å²) in [5, 5.41) is 8.37. The summed E-state index contributed by atoms with van der Waals surface area (Å²) in [6.07, 6.45) is 10.0. The fourth-order valence-corrected chi connectivity index (χ4v) is 5.67. The molecule has 3 rings (SSSR count). The van der Waals surface area contributed by atoms with Gasteiger partial charge in [0.25, 0.3) is 5.91 Å². The first-order chi connectivity index (χ1) is 19.7. The molecular formula is C32H58FN5O5. The zero-order chi connectivity index (χ0) is 33.2. The fourth-order valence-electron chi connectivity index (χ4n) is 5.67. The molecule has 0 aromatic rings. The van der Waals surface area contributed by atoms with E-state index < -0.39 is 29.4 Å². The number of nitrogens with two attached hydrogens (primary N) is 1. The Balaban J connectivity index is 0.000000360. The highest BCUT2D eigenvalue weighted by Gasteiger charge is 2.39. The van der Waals surface area contributed by atoms with Gasteiger partial charge in [-0.15, -0.1) is 0 Å². The molecule has 4 atom stereocenters. The number of carbonyl (C=O) groups is 5. The lowest BCUT2D eigenvalue weighted by Gasteiger charge is -2.36. The number of primary amides is 1. The Morgan fingerprint density at radius 3 is 1.88 bits per heavy atom. The van der Waals surface area contributed by atoms with E-state index in [1.165, 1.54) is 13.3 Å². The Bertz CT molecular complexity index is 952. The van der Waals surface area contributed by atoms with Crippen LogP contribution >= 0.6 is 0 Å². The number of rotatable bonds is 8. The van der Waals surface area contributed by atoms with Crippen molar-refractivity contribution in [3.63, 3.8) is 0 Å². The quantitative estimate of drug-likeness (QED) is 0.240. The van der Waals surface area contributed by atoms with E-state index in [0.29, 0.717) is 5.92 Å². The minimum atomic E-state index is -1.02. The SMILES string of the molecule is CC(NC(=O)C1[C@@H](C(C)C)CCN1C)C(=O)C(N)=O.CC1(F)CCC1.CC1(NC(=O)NC(C=O)C(C)(C)C)CCCCC1. The standard InChI is InChI=1S/C14H26N2O2.C13H23N3O3.C5H9F/c1-13(2,3)11(10-17)15-12(18)16-14(4)8-6-5-7-9-14;1-7(2)9-5-6-16(4)10(9)13(19)15-8(3)11(17)12(14)18;1-5(6)3-2-4-5/h10-11H,5-9H2,1-4H3,(H2,15,16,18);7-10H,5-6H2,1-4H3,(H2,14,18)(H,15,19);2-4H2,1H3/t;8?,9-,10?;/m.1./s1. The number of nitrogens with zero attached hydrogens (tertiary/aromatic N) is 1. The van der Waals surface area contributed by atoms with Gasteiger partial charge in [0.1, 0.15) is 12.0 Å². The maximum Gasteiger partial charge on any atom is 0.315 e. The molecule has 2 saturated carbocycles. The van der Waals surface area contributed by atoms with E-state index in [9.17, 15) is 28.4 Å². The average Bonchev–Trinajstić information content (AvgIpc) is 3.28. The number of Topliss-reactive ketones (excluding diaryl/α,β-unsaturated/α-hetero) is 1. The minimum absolute atomic E-state index is 0.117. The van der Waals surface area contributed by atoms with E-state index >= 15 is 0 Å². The molecule has 11 heteroatoms. The Morgan fingerprint density at radius 1 is 0.953 bits per heavy atom. The van der Waals surface area contributed by atoms with Gasteiger partial charge >= 0.3 is 6.03 Å². The Hall–Kier alpha value is -2.56. The molecule has 0 aromatic carbocycles. The first-order valence-corrected chi connectivity index (χ1v) is 15.8. The molecule has 0 spiro atoms. The Kier molecular flexibility index (Phi) is 14.8. The third-order valence-electron chi connectivity index (χ3n) is 8.94. The van der Waals surface area contributed by atoms with Crippen LogP contribution < -0.4 is 21.7 Å². The van der Waals surface area contributed by atoms with E-state index in [1.54, 1.807) is 6.92 Å². The molecular weight excluding hydrogens is 553 g/mol. The molecule has 2 aliphatic carbocycles. The van der Waals surface area contributed by atoms with Crippen LogP contribution in [0.2, 0.25) is 0 Å². The van der Waals surface area contributed by atoms with Gasteiger partial charge in [-0.1, -0.05) is 53.9 Å². The molecule has 43 heavy (non-hydrogen) atoms. The summed E-state index contributed by atoms with van der Waals surface area (Å²) in [5.41, 5.74) is 3.77. The van der Waals surface area contributed by atoms with E-state index in [1.807, 2.05) is 32.7 Å². The van der Waals surface area contributed by atoms with Crippen molar-refractivity contribution in [2.45, 2.75) is 143 Å². The summed E-state index contributed by atoms with van der Waals surface area (Å²) < 4.78 is 12.2. The monoisotopic (exact) mass is 611 g/mol. The maximum atomic E-state index is 12.3.